The van der Waals surface area contributed by atoms with Gasteiger partial charge in [0.1, 0.15) is 0 Å². The number of nitrogens with zero attached hydrogens (tertiary/aromatic N) is 1. The van der Waals surface area contributed by atoms with E-state index in [0.717, 1.165) is 21.8 Å². The van der Waals surface area contributed by atoms with Crippen LogP contribution < -0.4 is 4.80 Å². The number of aryl methyl sites for hydroxylation is 1. The number of fused-ring (bicyclic) bond motifs is 1. The van der Waals surface area contributed by atoms with Gasteiger partial charge in [-0.3, -0.25) is 5.41 Å². The second-order valence-electron chi connectivity index (χ2n) is 2.76. The van der Waals surface area contributed by atoms with Crippen molar-refractivity contribution in [3.05, 3.63) is 28.0 Å². The van der Waals surface area contributed by atoms with E-state index in [0.29, 0.717) is 4.80 Å². The largest absolute Gasteiger partial charge is 0.317 e. The highest BCUT2D eigenvalue weighted by molar-refractivity contribution is 7.16. The normalized spacial score (nSPS) is 10.1. The third-order valence-corrected chi connectivity index (χ3v) is 3.18. The Morgan fingerprint density at radius 1 is 1.50 bits per heavy atom. The highest BCUT2D eigenvalue weighted by atomic mass is 35.5. The van der Waals surface area contributed by atoms with Gasteiger partial charge in [-0.15, -0.1) is 12.4 Å². The molecule has 2 nitrogen and oxygen atoms in total. The fourth-order valence-electron chi connectivity index (χ4n) is 1.38. The Hall–Kier alpha value is -0.510. The van der Waals surface area contributed by atoms with Crippen molar-refractivity contribution in [2.45, 2.75) is 13.5 Å². The molecule has 76 valence electrons. The summed E-state index contributed by atoms with van der Waals surface area (Å²) in [7, 11) is 0. The number of thiazole rings is 1. The molecule has 0 unspecified atom stereocenters. The standard InChI is InChI=1S/C9H9ClN2S.ClH/c1-2-12-7-4-3-6(10)5-8(7)13-9(12)11;/h3-5,11H,2H2,1H3;1H. The summed E-state index contributed by atoms with van der Waals surface area (Å²) in [5.74, 6) is 0. The molecule has 0 saturated heterocycles. The van der Waals surface area contributed by atoms with Crippen molar-refractivity contribution in [3.63, 3.8) is 0 Å². The van der Waals surface area contributed by atoms with E-state index in [1.165, 1.54) is 11.3 Å². The van der Waals surface area contributed by atoms with Crippen LogP contribution in [0.15, 0.2) is 18.2 Å². The van der Waals surface area contributed by atoms with E-state index in [-0.39, 0.29) is 12.4 Å². The summed E-state index contributed by atoms with van der Waals surface area (Å²) in [6, 6.07) is 5.74. The minimum absolute atomic E-state index is 0. The Bertz CT molecular complexity index is 501. The summed E-state index contributed by atoms with van der Waals surface area (Å²) in [6.45, 7) is 2.87. The highest BCUT2D eigenvalue weighted by Gasteiger charge is 2.03. The molecular formula is C9H10Cl2N2S. The average Bonchev–Trinajstić information content (AvgIpc) is 2.39. The first-order valence-electron chi connectivity index (χ1n) is 4.06. The summed E-state index contributed by atoms with van der Waals surface area (Å²) in [6.07, 6.45) is 0. The lowest BCUT2D eigenvalue weighted by atomic mass is 10.3. The zero-order valence-corrected chi connectivity index (χ0v) is 9.97. The summed E-state index contributed by atoms with van der Waals surface area (Å²) >= 11 is 7.32. The van der Waals surface area contributed by atoms with Crippen LogP contribution in [-0.4, -0.2) is 4.57 Å². The van der Waals surface area contributed by atoms with Gasteiger partial charge in [-0.05, 0) is 25.1 Å². The van der Waals surface area contributed by atoms with Gasteiger partial charge in [0, 0.05) is 11.6 Å². The smallest absolute Gasteiger partial charge is 0.182 e. The minimum atomic E-state index is 0. The van der Waals surface area contributed by atoms with Crippen molar-refractivity contribution in [2.24, 2.45) is 0 Å². The molecule has 0 spiro atoms. The summed E-state index contributed by atoms with van der Waals surface area (Å²) in [5.41, 5.74) is 1.10. The Balaban J connectivity index is 0.000000980. The highest BCUT2D eigenvalue weighted by Crippen LogP contribution is 2.21. The van der Waals surface area contributed by atoms with E-state index in [9.17, 15) is 0 Å². The van der Waals surface area contributed by atoms with E-state index in [1.54, 1.807) is 0 Å². The van der Waals surface area contributed by atoms with Crippen LogP contribution in [0.25, 0.3) is 10.2 Å². The fraction of sp³-hybridized carbons (Fsp3) is 0.222. The van der Waals surface area contributed by atoms with Crippen molar-refractivity contribution < 1.29 is 0 Å². The van der Waals surface area contributed by atoms with E-state index in [4.69, 9.17) is 17.0 Å². The maximum Gasteiger partial charge on any atom is 0.182 e. The van der Waals surface area contributed by atoms with Gasteiger partial charge in [0.15, 0.2) is 4.80 Å². The molecule has 2 aromatic rings. The molecule has 0 saturated carbocycles. The third kappa shape index (κ3) is 1.80. The van der Waals surface area contributed by atoms with Gasteiger partial charge in [-0.1, -0.05) is 22.9 Å². The van der Waals surface area contributed by atoms with Gasteiger partial charge in [0.2, 0.25) is 0 Å². The predicted octanol–water partition coefficient (Wildman–Crippen LogP) is 3.28. The molecule has 0 atom stereocenters. The first kappa shape index (κ1) is 11.6. The summed E-state index contributed by atoms with van der Waals surface area (Å²) < 4.78 is 3.05. The number of hydrogen-bond acceptors (Lipinski definition) is 2. The van der Waals surface area contributed by atoms with Crippen LogP contribution >= 0.6 is 35.3 Å². The molecule has 0 aliphatic heterocycles. The van der Waals surface area contributed by atoms with Gasteiger partial charge in [-0.25, -0.2) is 0 Å². The van der Waals surface area contributed by atoms with E-state index < -0.39 is 0 Å². The number of aromatic nitrogens is 1. The van der Waals surface area contributed by atoms with Crippen molar-refractivity contribution in [3.8, 4) is 0 Å². The molecule has 1 aromatic heterocycles. The minimum Gasteiger partial charge on any atom is -0.317 e. The predicted molar refractivity (Wildman–Crippen MR) is 63.6 cm³/mol. The molecule has 1 N–H and O–H groups in total. The number of halogens is 2. The number of benzene rings is 1. The summed E-state index contributed by atoms with van der Waals surface area (Å²) in [4.78, 5) is 0.583. The average molecular weight is 249 g/mol. The number of nitrogens with one attached hydrogen (secondary N) is 1. The second kappa shape index (κ2) is 4.34. The molecular weight excluding hydrogens is 239 g/mol. The Labute approximate surface area is 97.1 Å². The topological polar surface area (TPSA) is 28.8 Å². The van der Waals surface area contributed by atoms with Crippen LogP contribution in [0.5, 0.6) is 0 Å². The zero-order chi connectivity index (χ0) is 9.42. The quantitative estimate of drug-likeness (QED) is 0.803. The molecule has 0 fully saturated rings. The van der Waals surface area contributed by atoms with Gasteiger partial charge >= 0.3 is 0 Å². The zero-order valence-electron chi connectivity index (χ0n) is 7.58. The molecule has 5 heteroatoms. The second-order valence-corrected chi connectivity index (χ2v) is 4.23. The van der Waals surface area contributed by atoms with Crippen molar-refractivity contribution in [1.29, 1.82) is 5.41 Å². The third-order valence-electron chi connectivity index (χ3n) is 1.98. The first-order valence-corrected chi connectivity index (χ1v) is 5.25. The summed E-state index contributed by atoms with van der Waals surface area (Å²) in [5, 5.41) is 8.44. The molecule has 1 aromatic carbocycles. The molecule has 0 radical (unpaired) electrons. The maximum atomic E-state index is 7.71. The molecule has 0 aliphatic carbocycles. The lowest BCUT2D eigenvalue weighted by Gasteiger charge is -1.98. The Kier molecular flexibility index (Phi) is 3.59. The van der Waals surface area contributed by atoms with Crippen molar-refractivity contribution in [2.75, 3.05) is 0 Å². The van der Waals surface area contributed by atoms with Gasteiger partial charge in [-0.2, -0.15) is 0 Å². The van der Waals surface area contributed by atoms with E-state index in [1.807, 2.05) is 29.7 Å². The first-order chi connectivity index (χ1) is 6.22. The number of rotatable bonds is 1. The van der Waals surface area contributed by atoms with Gasteiger partial charge < -0.3 is 4.57 Å². The Morgan fingerprint density at radius 2 is 2.21 bits per heavy atom. The molecule has 0 aliphatic rings. The van der Waals surface area contributed by atoms with E-state index >= 15 is 0 Å². The Morgan fingerprint density at radius 3 is 2.86 bits per heavy atom. The van der Waals surface area contributed by atoms with Crippen LogP contribution in [0.1, 0.15) is 6.92 Å². The lowest BCUT2D eigenvalue weighted by molar-refractivity contribution is 0.755. The maximum absolute atomic E-state index is 7.71. The van der Waals surface area contributed by atoms with Gasteiger partial charge in [0.25, 0.3) is 0 Å². The van der Waals surface area contributed by atoms with Crippen LogP contribution in [-0.2, 0) is 6.54 Å². The van der Waals surface area contributed by atoms with Crippen LogP contribution in [0.4, 0.5) is 0 Å². The molecule has 0 amide bonds. The van der Waals surface area contributed by atoms with Crippen molar-refractivity contribution >= 4 is 45.6 Å². The molecule has 14 heavy (non-hydrogen) atoms. The van der Waals surface area contributed by atoms with Crippen molar-refractivity contribution in [1.82, 2.24) is 4.57 Å². The van der Waals surface area contributed by atoms with Crippen LogP contribution in [0.2, 0.25) is 5.02 Å². The van der Waals surface area contributed by atoms with E-state index in [2.05, 4.69) is 0 Å². The SMILES string of the molecule is CCn1c(=N)sc2cc(Cl)ccc21.Cl. The van der Waals surface area contributed by atoms with Gasteiger partial charge in [0.05, 0.1) is 10.2 Å². The lowest BCUT2D eigenvalue weighted by Crippen LogP contribution is -2.10. The molecule has 1 heterocycles. The molecule has 0 bridgehead atoms. The van der Waals surface area contributed by atoms with Crippen LogP contribution in [0.3, 0.4) is 0 Å². The monoisotopic (exact) mass is 248 g/mol. The van der Waals surface area contributed by atoms with Crippen LogP contribution in [0, 0.1) is 5.41 Å². The number of hydrogen-bond donors (Lipinski definition) is 1. The molecule has 2 rings (SSSR count). The fourth-order valence-corrected chi connectivity index (χ4v) is 2.63.